The van der Waals surface area contributed by atoms with Crippen LogP contribution in [-0.2, 0) is 4.79 Å². The largest absolute Gasteiger partial charge is 0.337 e. The van der Waals surface area contributed by atoms with E-state index in [0.717, 1.165) is 10.6 Å². The van der Waals surface area contributed by atoms with Crippen molar-refractivity contribution in [3.05, 3.63) is 41.1 Å². The molecular weight excluding hydrogens is 300 g/mol. The molecule has 7 heteroatoms. The molecule has 0 spiro atoms. The Morgan fingerprint density at radius 1 is 1.23 bits per heavy atom. The van der Waals surface area contributed by atoms with Crippen molar-refractivity contribution in [3.63, 3.8) is 0 Å². The molecule has 2 aliphatic heterocycles. The maximum Gasteiger partial charge on any atom is 0.263 e. The van der Waals surface area contributed by atoms with Crippen LogP contribution in [0.2, 0.25) is 0 Å². The van der Waals surface area contributed by atoms with E-state index in [-0.39, 0.29) is 23.7 Å². The highest BCUT2D eigenvalue weighted by Gasteiger charge is 2.48. The fraction of sp³-hybridized carbons (Fsp3) is 0.333. The minimum atomic E-state index is -0.107. The first kappa shape index (κ1) is 13.4. The molecule has 2 aromatic rings. The number of rotatable bonds is 2. The van der Waals surface area contributed by atoms with Gasteiger partial charge in [-0.2, -0.15) is 0 Å². The third-order valence-electron chi connectivity index (χ3n) is 4.32. The summed E-state index contributed by atoms with van der Waals surface area (Å²) < 4.78 is 0. The molecule has 2 saturated heterocycles. The van der Waals surface area contributed by atoms with Gasteiger partial charge in [0.1, 0.15) is 6.33 Å². The Labute approximate surface area is 131 Å². The molecule has 6 nitrogen and oxygen atoms in total. The van der Waals surface area contributed by atoms with E-state index in [1.165, 1.54) is 17.7 Å². The lowest BCUT2D eigenvalue weighted by atomic mass is 10.0. The van der Waals surface area contributed by atoms with Crippen molar-refractivity contribution in [3.8, 4) is 0 Å². The second-order valence-corrected chi connectivity index (χ2v) is 6.55. The summed E-state index contributed by atoms with van der Waals surface area (Å²) in [6.07, 6.45) is 4.76. The van der Waals surface area contributed by atoms with Gasteiger partial charge in [0.25, 0.3) is 5.91 Å². The maximum absolute atomic E-state index is 12.6. The van der Waals surface area contributed by atoms with Crippen molar-refractivity contribution in [2.24, 2.45) is 11.8 Å². The van der Waals surface area contributed by atoms with Crippen molar-refractivity contribution in [2.75, 3.05) is 24.5 Å². The second-order valence-electron chi connectivity index (χ2n) is 5.60. The molecule has 0 N–H and O–H groups in total. The lowest BCUT2D eigenvalue weighted by Crippen LogP contribution is -2.35. The predicted molar refractivity (Wildman–Crippen MR) is 81.6 cm³/mol. The van der Waals surface area contributed by atoms with Gasteiger partial charge in [-0.25, -0.2) is 9.97 Å². The van der Waals surface area contributed by atoms with Gasteiger partial charge in [-0.1, -0.05) is 6.07 Å². The summed E-state index contributed by atoms with van der Waals surface area (Å²) in [6.45, 7) is 1.77. The molecular formula is C15H14N4O2S. The number of amides is 2. The van der Waals surface area contributed by atoms with Crippen LogP contribution in [0, 0.1) is 11.8 Å². The zero-order valence-corrected chi connectivity index (χ0v) is 12.6. The molecule has 0 radical (unpaired) electrons. The van der Waals surface area contributed by atoms with Crippen LogP contribution in [0.15, 0.2) is 36.2 Å². The van der Waals surface area contributed by atoms with Gasteiger partial charge in [0.05, 0.1) is 28.9 Å². The van der Waals surface area contributed by atoms with Gasteiger partial charge in [-0.3, -0.25) is 9.59 Å². The van der Waals surface area contributed by atoms with E-state index in [0.29, 0.717) is 19.6 Å². The Hall–Kier alpha value is -2.28. The van der Waals surface area contributed by atoms with E-state index in [9.17, 15) is 9.59 Å². The molecule has 0 unspecified atom stereocenters. The number of likely N-dealkylation sites (tertiary alicyclic amines) is 1. The molecule has 2 amide bonds. The lowest BCUT2D eigenvalue weighted by molar-refractivity contribution is -0.120. The van der Waals surface area contributed by atoms with Crippen molar-refractivity contribution in [2.45, 2.75) is 0 Å². The number of hydrogen-bond acceptors (Lipinski definition) is 5. The van der Waals surface area contributed by atoms with Crippen LogP contribution >= 0.6 is 11.3 Å². The molecule has 2 aliphatic rings. The summed E-state index contributed by atoms with van der Waals surface area (Å²) in [7, 11) is 0. The van der Waals surface area contributed by atoms with E-state index in [1.807, 2.05) is 17.5 Å². The van der Waals surface area contributed by atoms with Crippen LogP contribution in [0.5, 0.6) is 0 Å². The van der Waals surface area contributed by atoms with Gasteiger partial charge in [-0.15, -0.1) is 11.3 Å². The van der Waals surface area contributed by atoms with Crippen LogP contribution in [0.1, 0.15) is 9.67 Å². The Balaban J connectivity index is 1.50. The average Bonchev–Trinajstić information content (AvgIpc) is 3.25. The van der Waals surface area contributed by atoms with Gasteiger partial charge < -0.3 is 9.80 Å². The molecule has 0 aromatic carbocycles. The van der Waals surface area contributed by atoms with Gasteiger partial charge in [0, 0.05) is 25.6 Å². The summed E-state index contributed by atoms with van der Waals surface area (Å²) in [6, 6.07) is 3.70. The molecule has 0 bridgehead atoms. The first-order chi connectivity index (χ1) is 10.7. The molecule has 0 saturated carbocycles. The highest BCUT2D eigenvalue weighted by Crippen LogP contribution is 2.35. The topological polar surface area (TPSA) is 66.4 Å². The predicted octanol–water partition coefficient (Wildman–Crippen LogP) is 1.27. The monoisotopic (exact) mass is 314 g/mol. The van der Waals surface area contributed by atoms with E-state index >= 15 is 0 Å². The summed E-state index contributed by atoms with van der Waals surface area (Å²) in [5.74, 6) is 0.189. The van der Waals surface area contributed by atoms with Crippen molar-refractivity contribution in [1.29, 1.82) is 0 Å². The third kappa shape index (κ3) is 2.09. The lowest BCUT2D eigenvalue weighted by Gasteiger charge is -2.21. The SMILES string of the molecule is O=C(c1cccs1)N1C[C@@H]2CN(c3cncnc3)C(=O)[C@@H]2C1. The van der Waals surface area contributed by atoms with E-state index in [1.54, 1.807) is 22.2 Å². The van der Waals surface area contributed by atoms with E-state index < -0.39 is 0 Å². The number of thiophene rings is 1. The number of nitrogens with zero attached hydrogens (tertiary/aromatic N) is 4. The van der Waals surface area contributed by atoms with E-state index in [4.69, 9.17) is 0 Å². The second kappa shape index (κ2) is 5.17. The van der Waals surface area contributed by atoms with Crippen molar-refractivity contribution in [1.82, 2.24) is 14.9 Å². The maximum atomic E-state index is 12.6. The Bertz CT molecular complexity index is 704. The third-order valence-corrected chi connectivity index (χ3v) is 5.18. The van der Waals surface area contributed by atoms with Crippen LogP contribution in [0.4, 0.5) is 5.69 Å². The van der Waals surface area contributed by atoms with Crippen LogP contribution in [0.3, 0.4) is 0 Å². The van der Waals surface area contributed by atoms with E-state index in [2.05, 4.69) is 9.97 Å². The van der Waals surface area contributed by atoms with Crippen LogP contribution in [0.25, 0.3) is 0 Å². The smallest absolute Gasteiger partial charge is 0.263 e. The minimum absolute atomic E-state index is 0.0341. The molecule has 0 aliphatic carbocycles. The van der Waals surface area contributed by atoms with Crippen molar-refractivity contribution >= 4 is 28.8 Å². The molecule has 2 aromatic heterocycles. The molecule has 2 atom stereocenters. The van der Waals surface area contributed by atoms with Gasteiger partial charge in [-0.05, 0) is 11.4 Å². The average molecular weight is 314 g/mol. The van der Waals surface area contributed by atoms with Gasteiger partial charge >= 0.3 is 0 Å². The molecule has 4 heterocycles. The number of carbonyl (C=O) groups is 2. The first-order valence-corrected chi connectivity index (χ1v) is 8.01. The summed E-state index contributed by atoms with van der Waals surface area (Å²) in [5, 5.41) is 1.90. The quantitative estimate of drug-likeness (QED) is 0.837. The van der Waals surface area contributed by atoms with Crippen molar-refractivity contribution < 1.29 is 9.59 Å². The first-order valence-electron chi connectivity index (χ1n) is 7.13. The molecule has 22 heavy (non-hydrogen) atoms. The highest BCUT2D eigenvalue weighted by molar-refractivity contribution is 7.12. The van der Waals surface area contributed by atoms with Gasteiger partial charge in [0.15, 0.2) is 0 Å². The van der Waals surface area contributed by atoms with Crippen LogP contribution < -0.4 is 4.90 Å². The standard InChI is InChI=1S/C15H14N4O2S/c20-14-12-8-18(15(21)13-2-1-3-22-13)6-10(12)7-19(14)11-4-16-9-17-5-11/h1-5,9-10,12H,6-8H2/t10-,12-/m1/s1. The normalized spacial score (nSPS) is 23.9. The Kier molecular flexibility index (Phi) is 3.15. The fourth-order valence-corrected chi connectivity index (χ4v) is 3.94. The number of aromatic nitrogens is 2. The Morgan fingerprint density at radius 2 is 2.05 bits per heavy atom. The summed E-state index contributed by atoms with van der Waals surface area (Å²) >= 11 is 1.44. The number of hydrogen-bond donors (Lipinski definition) is 0. The fourth-order valence-electron chi connectivity index (χ4n) is 3.25. The number of fused-ring (bicyclic) bond motifs is 1. The molecule has 112 valence electrons. The Morgan fingerprint density at radius 3 is 2.73 bits per heavy atom. The zero-order valence-electron chi connectivity index (χ0n) is 11.8. The zero-order chi connectivity index (χ0) is 15.1. The highest BCUT2D eigenvalue weighted by atomic mass is 32.1. The summed E-state index contributed by atoms with van der Waals surface area (Å²) in [5.41, 5.74) is 0.734. The van der Waals surface area contributed by atoms with Crippen LogP contribution in [-0.4, -0.2) is 46.3 Å². The minimum Gasteiger partial charge on any atom is -0.337 e. The number of anilines is 1. The molecule has 2 fully saturated rings. The summed E-state index contributed by atoms with van der Waals surface area (Å²) in [4.78, 5) is 37.2. The number of carbonyl (C=O) groups excluding carboxylic acids is 2. The molecule has 4 rings (SSSR count). The van der Waals surface area contributed by atoms with Gasteiger partial charge in [0.2, 0.25) is 5.91 Å².